The van der Waals surface area contributed by atoms with Gasteiger partial charge in [0.05, 0.1) is 19.9 Å². The van der Waals surface area contributed by atoms with E-state index in [0.29, 0.717) is 17.7 Å². The van der Waals surface area contributed by atoms with Crippen molar-refractivity contribution in [3.63, 3.8) is 0 Å². The van der Waals surface area contributed by atoms with E-state index < -0.39 is 0 Å². The normalized spacial score (nSPS) is 19.5. The van der Waals surface area contributed by atoms with Gasteiger partial charge < -0.3 is 14.6 Å². The van der Waals surface area contributed by atoms with Crippen molar-refractivity contribution < 1.29 is 14.6 Å². The topological polar surface area (TPSA) is 54.8 Å². The van der Waals surface area contributed by atoms with E-state index in [0.717, 1.165) is 31.6 Å². The molecule has 0 unspecified atom stereocenters. The van der Waals surface area contributed by atoms with Crippen LogP contribution >= 0.6 is 0 Å². The minimum absolute atomic E-state index is 0.215. The first-order valence-electron chi connectivity index (χ1n) is 7.86. The van der Waals surface area contributed by atoms with Gasteiger partial charge in [0.2, 0.25) is 5.88 Å². The SMILES string of the molecule is COc1ccc2c(n1)CN1CCc3cc(OC)c(O)cc3[C@@H]1C2. The van der Waals surface area contributed by atoms with Crippen LogP contribution in [0.5, 0.6) is 17.4 Å². The van der Waals surface area contributed by atoms with Gasteiger partial charge in [0.1, 0.15) is 0 Å². The van der Waals surface area contributed by atoms with Crippen molar-refractivity contribution in [2.45, 2.75) is 25.4 Å². The van der Waals surface area contributed by atoms with Gasteiger partial charge in [-0.25, -0.2) is 4.98 Å². The van der Waals surface area contributed by atoms with Gasteiger partial charge in [0, 0.05) is 25.2 Å². The lowest BCUT2D eigenvalue weighted by atomic mass is 9.85. The Bertz CT molecular complexity index is 760. The van der Waals surface area contributed by atoms with Crippen LogP contribution in [0.25, 0.3) is 0 Å². The van der Waals surface area contributed by atoms with Gasteiger partial charge in [0.25, 0.3) is 0 Å². The molecule has 120 valence electrons. The summed E-state index contributed by atoms with van der Waals surface area (Å²) >= 11 is 0. The number of methoxy groups -OCH3 is 2. The summed E-state index contributed by atoms with van der Waals surface area (Å²) in [6, 6.07) is 8.16. The second kappa shape index (κ2) is 5.42. The van der Waals surface area contributed by atoms with E-state index in [1.165, 1.54) is 16.7 Å². The molecule has 0 fully saturated rings. The fourth-order valence-electron chi connectivity index (χ4n) is 3.71. The summed E-state index contributed by atoms with van der Waals surface area (Å²) in [6.45, 7) is 1.81. The lowest BCUT2D eigenvalue weighted by Gasteiger charge is -2.41. The van der Waals surface area contributed by atoms with E-state index in [1.807, 2.05) is 18.2 Å². The summed E-state index contributed by atoms with van der Waals surface area (Å²) < 4.78 is 10.5. The molecule has 0 radical (unpaired) electrons. The molecule has 0 saturated carbocycles. The molecule has 0 saturated heterocycles. The zero-order valence-electron chi connectivity index (χ0n) is 13.4. The van der Waals surface area contributed by atoms with Crippen LogP contribution in [0.15, 0.2) is 24.3 Å². The van der Waals surface area contributed by atoms with Crippen LogP contribution in [0.3, 0.4) is 0 Å². The zero-order valence-corrected chi connectivity index (χ0v) is 13.4. The Morgan fingerprint density at radius 3 is 2.83 bits per heavy atom. The summed E-state index contributed by atoms with van der Waals surface area (Å²) in [5.74, 6) is 1.44. The van der Waals surface area contributed by atoms with Crippen LogP contribution in [0, 0.1) is 0 Å². The summed E-state index contributed by atoms with van der Waals surface area (Å²) in [7, 11) is 3.24. The van der Waals surface area contributed by atoms with E-state index in [4.69, 9.17) is 9.47 Å². The molecule has 4 rings (SSSR count). The molecule has 3 heterocycles. The molecule has 2 aliphatic rings. The largest absolute Gasteiger partial charge is 0.504 e. The molecular formula is C18H20N2O3. The lowest BCUT2D eigenvalue weighted by molar-refractivity contribution is 0.157. The number of benzene rings is 1. The fraction of sp³-hybridized carbons (Fsp3) is 0.389. The first-order valence-corrected chi connectivity index (χ1v) is 7.86. The van der Waals surface area contributed by atoms with Crippen molar-refractivity contribution in [1.82, 2.24) is 9.88 Å². The van der Waals surface area contributed by atoms with Gasteiger partial charge in [-0.3, -0.25) is 4.90 Å². The maximum absolute atomic E-state index is 10.1. The molecule has 0 bridgehead atoms. The van der Waals surface area contributed by atoms with Crippen LogP contribution in [-0.4, -0.2) is 35.8 Å². The predicted octanol–water partition coefficient (Wildman–Crippen LogP) is 2.46. The van der Waals surface area contributed by atoms with E-state index in [-0.39, 0.29) is 5.75 Å². The van der Waals surface area contributed by atoms with Crippen molar-refractivity contribution in [2.75, 3.05) is 20.8 Å². The molecule has 23 heavy (non-hydrogen) atoms. The van der Waals surface area contributed by atoms with E-state index >= 15 is 0 Å². The van der Waals surface area contributed by atoms with Crippen molar-refractivity contribution in [1.29, 1.82) is 0 Å². The minimum atomic E-state index is 0.215. The summed E-state index contributed by atoms with van der Waals surface area (Å²) in [6.07, 6.45) is 1.87. The summed E-state index contributed by atoms with van der Waals surface area (Å²) in [5.41, 5.74) is 4.83. The Balaban J connectivity index is 1.73. The van der Waals surface area contributed by atoms with Crippen molar-refractivity contribution in [2.24, 2.45) is 0 Å². The smallest absolute Gasteiger partial charge is 0.213 e. The number of ether oxygens (including phenoxy) is 2. The third-order valence-electron chi connectivity index (χ3n) is 4.93. The van der Waals surface area contributed by atoms with Gasteiger partial charge in [-0.05, 0) is 41.7 Å². The molecule has 0 amide bonds. The van der Waals surface area contributed by atoms with Crippen LogP contribution in [0.4, 0.5) is 0 Å². The Kier molecular flexibility index (Phi) is 3.38. The van der Waals surface area contributed by atoms with Gasteiger partial charge in [-0.15, -0.1) is 0 Å². The Morgan fingerprint density at radius 1 is 1.17 bits per heavy atom. The van der Waals surface area contributed by atoms with Crippen LogP contribution in [0.1, 0.15) is 28.4 Å². The monoisotopic (exact) mass is 312 g/mol. The zero-order chi connectivity index (χ0) is 16.0. The van der Waals surface area contributed by atoms with Gasteiger partial charge >= 0.3 is 0 Å². The minimum Gasteiger partial charge on any atom is -0.504 e. The first-order chi connectivity index (χ1) is 11.2. The number of aromatic hydroxyl groups is 1. The summed E-state index contributed by atoms with van der Waals surface area (Å²) in [4.78, 5) is 7.02. The molecule has 5 nitrogen and oxygen atoms in total. The number of hydrogen-bond donors (Lipinski definition) is 1. The molecule has 1 N–H and O–H groups in total. The van der Waals surface area contributed by atoms with E-state index in [1.54, 1.807) is 14.2 Å². The number of fused-ring (bicyclic) bond motifs is 4. The molecule has 5 heteroatoms. The summed E-state index contributed by atoms with van der Waals surface area (Å²) in [5, 5.41) is 10.1. The highest BCUT2D eigenvalue weighted by Gasteiger charge is 2.33. The number of hydrogen-bond acceptors (Lipinski definition) is 5. The molecule has 1 aromatic carbocycles. The molecule has 1 atom stereocenters. The number of phenols is 1. The van der Waals surface area contributed by atoms with Crippen LogP contribution in [-0.2, 0) is 19.4 Å². The van der Waals surface area contributed by atoms with E-state index in [2.05, 4.69) is 16.0 Å². The van der Waals surface area contributed by atoms with Crippen molar-refractivity contribution in [3.8, 4) is 17.4 Å². The third-order valence-corrected chi connectivity index (χ3v) is 4.93. The molecule has 2 aromatic rings. The Morgan fingerprint density at radius 2 is 2.04 bits per heavy atom. The predicted molar refractivity (Wildman–Crippen MR) is 86.0 cm³/mol. The number of pyridine rings is 1. The van der Waals surface area contributed by atoms with Crippen molar-refractivity contribution in [3.05, 3.63) is 46.6 Å². The average Bonchev–Trinajstić information content (AvgIpc) is 2.59. The highest BCUT2D eigenvalue weighted by molar-refractivity contribution is 5.49. The van der Waals surface area contributed by atoms with Crippen molar-refractivity contribution >= 4 is 0 Å². The highest BCUT2D eigenvalue weighted by atomic mass is 16.5. The van der Waals surface area contributed by atoms with Crippen LogP contribution < -0.4 is 9.47 Å². The number of rotatable bonds is 2. The van der Waals surface area contributed by atoms with Gasteiger partial charge in [0.15, 0.2) is 11.5 Å². The molecule has 0 aliphatic carbocycles. The third kappa shape index (κ3) is 2.32. The second-order valence-electron chi connectivity index (χ2n) is 6.12. The maximum atomic E-state index is 10.1. The van der Waals surface area contributed by atoms with E-state index in [9.17, 15) is 5.11 Å². The van der Waals surface area contributed by atoms with Gasteiger partial charge in [-0.2, -0.15) is 0 Å². The standard InChI is InChI=1S/C18H20N2O3/c1-22-17-8-11-5-6-20-10-14-12(3-4-18(19-14)23-2)7-15(20)13(11)9-16(17)21/h3-4,8-9,15,21H,5-7,10H2,1-2H3/t15-/m0/s1. The molecular weight excluding hydrogens is 292 g/mol. The average molecular weight is 312 g/mol. The van der Waals surface area contributed by atoms with Gasteiger partial charge in [-0.1, -0.05) is 6.07 Å². The highest BCUT2D eigenvalue weighted by Crippen LogP contribution is 2.41. The number of nitrogens with zero attached hydrogens (tertiary/aromatic N) is 2. The van der Waals surface area contributed by atoms with Crippen LogP contribution in [0.2, 0.25) is 0 Å². The Hall–Kier alpha value is -2.27. The molecule has 2 aliphatic heterocycles. The Labute approximate surface area is 135 Å². The second-order valence-corrected chi connectivity index (χ2v) is 6.12. The molecule has 0 spiro atoms. The fourth-order valence-corrected chi connectivity index (χ4v) is 3.71. The molecule has 1 aromatic heterocycles. The maximum Gasteiger partial charge on any atom is 0.213 e. The first kappa shape index (κ1) is 14.3. The number of aromatic nitrogens is 1. The number of phenolic OH excluding ortho intramolecular Hbond substituents is 1. The lowest BCUT2D eigenvalue weighted by Crippen LogP contribution is -2.39. The quantitative estimate of drug-likeness (QED) is 0.923.